The van der Waals surface area contributed by atoms with Crippen LogP contribution in [0.15, 0.2) is 0 Å². The van der Waals surface area contributed by atoms with Crippen molar-refractivity contribution in [2.75, 3.05) is 26.3 Å². The lowest BCUT2D eigenvalue weighted by atomic mass is 10.1. The third-order valence-corrected chi connectivity index (χ3v) is 3.65. The third kappa shape index (κ3) is 4.58. The van der Waals surface area contributed by atoms with Crippen LogP contribution >= 0.6 is 0 Å². The number of amides is 1. The molecule has 2 aliphatic heterocycles. The number of hydrogen-bond donors (Lipinski definition) is 0. The summed E-state index contributed by atoms with van der Waals surface area (Å²) in [7, 11) is 0. The number of rotatable bonds is 6. The Labute approximate surface area is 114 Å². The van der Waals surface area contributed by atoms with Crippen molar-refractivity contribution < 1.29 is 19.1 Å². The molecule has 1 amide bonds. The van der Waals surface area contributed by atoms with E-state index in [2.05, 4.69) is 0 Å². The van der Waals surface area contributed by atoms with E-state index in [1.54, 1.807) is 4.90 Å². The largest absolute Gasteiger partial charge is 0.376 e. The zero-order chi connectivity index (χ0) is 13.7. The van der Waals surface area contributed by atoms with Gasteiger partial charge in [0, 0.05) is 26.3 Å². The van der Waals surface area contributed by atoms with Crippen molar-refractivity contribution in [1.29, 1.82) is 0 Å². The van der Waals surface area contributed by atoms with Crippen LogP contribution in [0.25, 0.3) is 0 Å². The maximum Gasteiger partial charge on any atom is 0.230 e. The summed E-state index contributed by atoms with van der Waals surface area (Å²) < 4.78 is 11.2. The van der Waals surface area contributed by atoms with E-state index in [0.29, 0.717) is 13.1 Å². The Morgan fingerprint density at radius 1 is 1.05 bits per heavy atom. The zero-order valence-electron chi connectivity index (χ0n) is 11.6. The molecular formula is C14H23NO4. The Morgan fingerprint density at radius 2 is 1.58 bits per heavy atom. The monoisotopic (exact) mass is 269 g/mol. The van der Waals surface area contributed by atoms with Gasteiger partial charge in [-0.15, -0.1) is 0 Å². The summed E-state index contributed by atoms with van der Waals surface area (Å²) in [6, 6.07) is 0. The molecule has 0 aromatic carbocycles. The minimum Gasteiger partial charge on any atom is -0.376 e. The van der Waals surface area contributed by atoms with Crippen molar-refractivity contribution in [3.05, 3.63) is 0 Å². The second kappa shape index (κ2) is 7.01. The molecule has 5 nitrogen and oxygen atoms in total. The summed E-state index contributed by atoms with van der Waals surface area (Å²) in [6.45, 7) is 4.19. The Balaban J connectivity index is 1.90. The minimum absolute atomic E-state index is 0.0144. The third-order valence-electron chi connectivity index (χ3n) is 3.65. The van der Waals surface area contributed by atoms with Crippen LogP contribution < -0.4 is 0 Å². The highest BCUT2D eigenvalue weighted by molar-refractivity contribution is 5.96. The molecule has 2 aliphatic rings. The van der Waals surface area contributed by atoms with E-state index in [-0.39, 0.29) is 30.3 Å². The lowest BCUT2D eigenvalue weighted by Gasteiger charge is -2.27. The van der Waals surface area contributed by atoms with E-state index in [4.69, 9.17) is 9.47 Å². The van der Waals surface area contributed by atoms with Gasteiger partial charge in [0.1, 0.15) is 5.78 Å². The van der Waals surface area contributed by atoms with Crippen molar-refractivity contribution in [1.82, 2.24) is 4.90 Å². The number of hydrogen-bond acceptors (Lipinski definition) is 4. The van der Waals surface area contributed by atoms with Crippen LogP contribution in [0, 0.1) is 0 Å². The Kier molecular flexibility index (Phi) is 5.34. The molecule has 0 bridgehead atoms. The molecule has 2 rings (SSSR count). The fourth-order valence-electron chi connectivity index (χ4n) is 2.67. The first kappa shape index (κ1) is 14.5. The van der Waals surface area contributed by atoms with Crippen molar-refractivity contribution in [3.63, 3.8) is 0 Å². The maximum atomic E-state index is 12.1. The molecule has 2 atom stereocenters. The summed E-state index contributed by atoms with van der Waals surface area (Å²) in [5, 5.41) is 0. The number of carbonyl (C=O) groups is 2. The molecule has 19 heavy (non-hydrogen) atoms. The first-order valence-corrected chi connectivity index (χ1v) is 7.15. The summed E-state index contributed by atoms with van der Waals surface area (Å²) in [5.41, 5.74) is 0. The fourth-order valence-corrected chi connectivity index (χ4v) is 2.67. The predicted octanol–water partition coefficient (Wildman–Crippen LogP) is 1.15. The lowest BCUT2D eigenvalue weighted by Crippen LogP contribution is -2.42. The smallest absolute Gasteiger partial charge is 0.230 e. The number of ketones is 1. The van der Waals surface area contributed by atoms with Gasteiger partial charge in [0.05, 0.1) is 18.6 Å². The average molecular weight is 269 g/mol. The van der Waals surface area contributed by atoms with Gasteiger partial charge in [0.25, 0.3) is 0 Å². The highest BCUT2D eigenvalue weighted by Crippen LogP contribution is 2.17. The van der Waals surface area contributed by atoms with E-state index in [1.165, 1.54) is 6.92 Å². The molecule has 5 heteroatoms. The highest BCUT2D eigenvalue weighted by Gasteiger charge is 2.27. The maximum absolute atomic E-state index is 12.1. The van der Waals surface area contributed by atoms with Crippen LogP contribution in [0.5, 0.6) is 0 Å². The van der Waals surface area contributed by atoms with Gasteiger partial charge in [-0.05, 0) is 32.6 Å². The van der Waals surface area contributed by atoms with Gasteiger partial charge in [0.15, 0.2) is 0 Å². The van der Waals surface area contributed by atoms with Gasteiger partial charge < -0.3 is 14.4 Å². The van der Waals surface area contributed by atoms with Crippen molar-refractivity contribution in [2.24, 2.45) is 0 Å². The molecular weight excluding hydrogens is 246 g/mol. The number of nitrogens with zero attached hydrogens (tertiary/aromatic N) is 1. The van der Waals surface area contributed by atoms with Gasteiger partial charge in [-0.3, -0.25) is 9.59 Å². The van der Waals surface area contributed by atoms with Gasteiger partial charge in [-0.1, -0.05) is 0 Å². The van der Waals surface area contributed by atoms with Crippen LogP contribution in [0.2, 0.25) is 0 Å². The van der Waals surface area contributed by atoms with Crippen molar-refractivity contribution in [3.8, 4) is 0 Å². The van der Waals surface area contributed by atoms with Crippen LogP contribution in [0.1, 0.15) is 39.0 Å². The molecule has 0 aromatic heterocycles. The molecule has 0 aromatic rings. The van der Waals surface area contributed by atoms with Crippen LogP contribution in [0.3, 0.4) is 0 Å². The molecule has 108 valence electrons. The SMILES string of the molecule is CC(=O)CC(=O)N(CC1CCCO1)CC1CCCO1. The summed E-state index contributed by atoms with van der Waals surface area (Å²) in [6.07, 6.45) is 4.33. The van der Waals surface area contributed by atoms with E-state index in [0.717, 1.165) is 38.9 Å². The Morgan fingerprint density at radius 3 is 1.95 bits per heavy atom. The molecule has 2 fully saturated rings. The van der Waals surface area contributed by atoms with Crippen molar-refractivity contribution in [2.45, 2.75) is 51.2 Å². The van der Waals surface area contributed by atoms with Crippen molar-refractivity contribution >= 4 is 11.7 Å². The number of carbonyl (C=O) groups excluding carboxylic acids is 2. The standard InChI is InChI=1S/C14H23NO4/c1-11(16)8-14(17)15(9-12-4-2-6-18-12)10-13-5-3-7-19-13/h12-13H,2-10H2,1H3. The topological polar surface area (TPSA) is 55.8 Å². The number of ether oxygens (including phenoxy) is 2. The quantitative estimate of drug-likeness (QED) is 0.679. The van der Waals surface area contributed by atoms with Crippen LogP contribution in [-0.4, -0.2) is 55.1 Å². The van der Waals surface area contributed by atoms with Gasteiger partial charge in [0.2, 0.25) is 5.91 Å². The molecule has 2 heterocycles. The molecule has 0 N–H and O–H groups in total. The second-order valence-corrected chi connectivity index (χ2v) is 5.45. The molecule has 0 saturated carbocycles. The molecule has 2 saturated heterocycles. The van der Waals surface area contributed by atoms with Crippen LogP contribution in [-0.2, 0) is 19.1 Å². The van der Waals surface area contributed by atoms with E-state index >= 15 is 0 Å². The summed E-state index contributed by atoms with van der Waals surface area (Å²) in [5.74, 6) is -0.187. The van der Waals surface area contributed by atoms with E-state index < -0.39 is 0 Å². The van der Waals surface area contributed by atoms with E-state index in [1.807, 2.05) is 0 Å². The highest BCUT2D eigenvalue weighted by atomic mass is 16.5. The first-order valence-electron chi connectivity index (χ1n) is 7.15. The normalized spacial score (nSPS) is 26.6. The molecule has 0 spiro atoms. The second-order valence-electron chi connectivity index (χ2n) is 5.45. The lowest BCUT2D eigenvalue weighted by molar-refractivity contribution is -0.137. The van der Waals surface area contributed by atoms with Gasteiger partial charge in [-0.2, -0.15) is 0 Å². The Bertz CT molecular complexity index is 301. The van der Waals surface area contributed by atoms with Gasteiger partial charge in [-0.25, -0.2) is 0 Å². The number of Topliss-reactive ketones (excluding diaryl/α,β-unsaturated/α-hetero) is 1. The zero-order valence-corrected chi connectivity index (χ0v) is 11.6. The summed E-state index contributed by atoms with van der Waals surface area (Å²) >= 11 is 0. The van der Waals surface area contributed by atoms with Crippen LogP contribution in [0.4, 0.5) is 0 Å². The van der Waals surface area contributed by atoms with E-state index in [9.17, 15) is 9.59 Å². The molecule has 0 aliphatic carbocycles. The molecule has 2 unspecified atom stereocenters. The fraction of sp³-hybridized carbons (Fsp3) is 0.857. The molecule has 0 radical (unpaired) electrons. The Hall–Kier alpha value is -0.940. The minimum atomic E-state index is -0.0986. The predicted molar refractivity (Wildman–Crippen MR) is 69.8 cm³/mol. The average Bonchev–Trinajstić information content (AvgIpc) is 2.99. The first-order chi connectivity index (χ1) is 9.15. The van der Waals surface area contributed by atoms with Gasteiger partial charge >= 0.3 is 0 Å². The summed E-state index contributed by atoms with van der Waals surface area (Å²) in [4.78, 5) is 25.0.